The number of aliphatic hydroxyl groups excluding tert-OH is 1. The van der Waals surface area contributed by atoms with Crippen LogP contribution < -0.4 is 5.73 Å². The molecule has 0 aliphatic rings. The summed E-state index contributed by atoms with van der Waals surface area (Å²) >= 11 is 0. The van der Waals surface area contributed by atoms with E-state index in [1.54, 1.807) is 0 Å². The van der Waals surface area contributed by atoms with Gasteiger partial charge in [0.1, 0.15) is 6.10 Å². The zero-order chi connectivity index (χ0) is 15.0. The summed E-state index contributed by atoms with van der Waals surface area (Å²) in [4.78, 5) is 0. The molecule has 3 aromatic carbocycles. The van der Waals surface area contributed by atoms with Gasteiger partial charge in [-0.2, -0.15) is 0 Å². The van der Waals surface area contributed by atoms with Gasteiger partial charge < -0.3 is 10.8 Å². The Hall–Kier alpha value is -2.32. The molecule has 0 saturated heterocycles. The van der Waals surface area contributed by atoms with Gasteiger partial charge in [0.15, 0.2) is 0 Å². The van der Waals surface area contributed by atoms with E-state index in [4.69, 9.17) is 5.73 Å². The van der Waals surface area contributed by atoms with E-state index in [-0.39, 0.29) is 0 Å². The first-order valence-electron chi connectivity index (χ1n) is 7.10. The summed E-state index contributed by atoms with van der Waals surface area (Å²) in [6, 6.07) is 18.0. The molecule has 2 heteroatoms. The van der Waals surface area contributed by atoms with Gasteiger partial charge in [-0.25, -0.2) is 0 Å². The topological polar surface area (TPSA) is 46.2 Å². The fourth-order valence-corrected chi connectivity index (χ4v) is 2.76. The third-order valence-electron chi connectivity index (χ3n) is 4.08. The fraction of sp³-hybridized carbons (Fsp3) is 0.158. The first-order chi connectivity index (χ1) is 10.1. The number of aryl methyl sites for hydroxylation is 2. The summed E-state index contributed by atoms with van der Waals surface area (Å²) in [6.07, 6.45) is -0.668. The number of benzene rings is 3. The van der Waals surface area contributed by atoms with Crippen molar-refractivity contribution in [1.29, 1.82) is 0 Å². The number of hydrogen-bond donors (Lipinski definition) is 2. The smallest absolute Gasteiger partial charge is 0.105 e. The second-order valence-corrected chi connectivity index (χ2v) is 5.54. The highest BCUT2D eigenvalue weighted by molar-refractivity contribution is 5.87. The Labute approximate surface area is 124 Å². The lowest BCUT2D eigenvalue weighted by atomic mass is 9.91. The van der Waals surface area contributed by atoms with Crippen LogP contribution in [0.1, 0.15) is 28.4 Å². The molecule has 1 unspecified atom stereocenters. The summed E-state index contributed by atoms with van der Waals surface area (Å²) in [7, 11) is 0. The fourth-order valence-electron chi connectivity index (χ4n) is 2.76. The van der Waals surface area contributed by atoms with Crippen LogP contribution in [0.15, 0.2) is 54.6 Å². The van der Waals surface area contributed by atoms with Gasteiger partial charge >= 0.3 is 0 Å². The molecule has 0 aromatic heterocycles. The predicted molar refractivity (Wildman–Crippen MR) is 88.3 cm³/mol. The number of anilines is 1. The monoisotopic (exact) mass is 277 g/mol. The van der Waals surface area contributed by atoms with Crippen molar-refractivity contribution in [1.82, 2.24) is 0 Å². The standard InChI is InChI=1S/C19H19NO/c1-12-7-10-15(11-17(12)20)19(21)18-13(2)8-9-14-5-3-4-6-16(14)18/h3-11,19,21H,20H2,1-2H3. The number of aliphatic hydroxyl groups is 1. The molecule has 1 atom stereocenters. The maximum Gasteiger partial charge on any atom is 0.105 e. The highest BCUT2D eigenvalue weighted by atomic mass is 16.3. The summed E-state index contributed by atoms with van der Waals surface area (Å²) in [5.74, 6) is 0. The largest absolute Gasteiger partial charge is 0.399 e. The quantitative estimate of drug-likeness (QED) is 0.692. The van der Waals surface area contributed by atoms with Crippen molar-refractivity contribution in [3.63, 3.8) is 0 Å². The van der Waals surface area contributed by atoms with Crippen molar-refractivity contribution >= 4 is 16.5 Å². The van der Waals surface area contributed by atoms with E-state index >= 15 is 0 Å². The van der Waals surface area contributed by atoms with Crippen LogP contribution in [-0.4, -0.2) is 5.11 Å². The van der Waals surface area contributed by atoms with Gasteiger partial charge in [0, 0.05) is 5.69 Å². The highest BCUT2D eigenvalue weighted by Crippen LogP contribution is 2.32. The Morgan fingerprint density at radius 3 is 2.38 bits per heavy atom. The maximum absolute atomic E-state index is 10.8. The van der Waals surface area contributed by atoms with Gasteiger partial charge in [0.25, 0.3) is 0 Å². The predicted octanol–water partition coefficient (Wildman–Crippen LogP) is 4.12. The molecule has 3 aromatic rings. The van der Waals surface area contributed by atoms with Crippen LogP contribution in [0.2, 0.25) is 0 Å². The lowest BCUT2D eigenvalue weighted by Crippen LogP contribution is -2.04. The average molecular weight is 277 g/mol. The van der Waals surface area contributed by atoms with Crippen molar-refractivity contribution in [2.45, 2.75) is 20.0 Å². The number of nitrogens with two attached hydrogens (primary N) is 1. The molecule has 0 aliphatic carbocycles. The van der Waals surface area contributed by atoms with Crippen LogP contribution in [-0.2, 0) is 0 Å². The van der Waals surface area contributed by atoms with Crippen LogP contribution in [0.3, 0.4) is 0 Å². The van der Waals surface area contributed by atoms with Crippen molar-refractivity contribution < 1.29 is 5.11 Å². The van der Waals surface area contributed by atoms with Gasteiger partial charge in [0.05, 0.1) is 0 Å². The lowest BCUT2D eigenvalue weighted by molar-refractivity contribution is 0.221. The number of hydrogen-bond acceptors (Lipinski definition) is 2. The van der Waals surface area contributed by atoms with Gasteiger partial charge in [-0.15, -0.1) is 0 Å². The summed E-state index contributed by atoms with van der Waals surface area (Å²) in [5.41, 5.74) is 10.6. The molecule has 3 rings (SSSR count). The van der Waals surface area contributed by atoms with Crippen LogP contribution in [0, 0.1) is 13.8 Å². The molecule has 3 N–H and O–H groups in total. The van der Waals surface area contributed by atoms with Crippen LogP contribution in [0.5, 0.6) is 0 Å². The maximum atomic E-state index is 10.8. The molecule has 0 fully saturated rings. The minimum Gasteiger partial charge on any atom is -0.399 e. The molecule has 0 saturated carbocycles. The van der Waals surface area contributed by atoms with Crippen molar-refractivity contribution in [2.24, 2.45) is 0 Å². The lowest BCUT2D eigenvalue weighted by Gasteiger charge is -2.18. The molecule has 2 nitrogen and oxygen atoms in total. The molecule has 0 spiro atoms. The highest BCUT2D eigenvalue weighted by Gasteiger charge is 2.16. The summed E-state index contributed by atoms with van der Waals surface area (Å²) in [5, 5.41) is 13.1. The molecule has 0 heterocycles. The van der Waals surface area contributed by atoms with E-state index in [9.17, 15) is 5.11 Å². The molecule has 0 bridgehead atoms. The molecule has 106 valence electrons. The van der Waals surface area contributed by atoms with Crippen LogP contribution >= 0.6 is 0 Å². The number of nitrogen functional groups attached to an aromatic ring is 1. The van der Waals surface area contributed by atoms with Crippen molar-refractivity contribution in [2.75, 3.05) is 5.73 Å². The van der Waals surface area contributed by atoms with Crippen LogP contribution in [0.4, 0.5) is 5.69 Å². The van der Waals surface area contributed by atoms with Crippen LogP contribution in [0.25, 0.3) is 10.8 Å². The number of fused-ring (bicyclic) bond motifs is 1. The van der Waals surface area contributed by atoms with E-state index in [1.807, 2.05) is 44.2 Å². The molecular formula is C19H19NO. The second-order valence-electron chi connectivity index (χ2n) is 5.54. The Morgan fingerprint density at radius 2 is 1.62 bits per heavy atom. The van der Waals surface area contributed by atoms with E-state index in [0.29, 0.717) is 5.69 Å². The Kier molecular flexibility index (Phi) is 3.40. The van der Waals surface area contributed by atoms with Crippen molar-refractivity contribution in [3.8, 4) is 0 Å². The van der Waals surface area contributed by atoms with Gasteiger partial charge in [-0.3, -0.25) is 0 Å². The van der Waals surface area contributed by atoms with E-state index in [0.717, 1.165) is 33.0 Å². The SMILES string of the molecule is Cc1ccc(C(O)c2c(C)ccc3ccccc23)cc1N. The summed E-state index contributed by atoms with van der Waals surface area (Å²) in [6.45, 7) is 4.00. The minimum atomic E-state index is -0.668. The average Bonchev–Trinajstić information content (AvgIpc) is 2.49. The number of rotatable bonds is 2. The third kappa shape index (κ3) is 2.39. The first kappa shape index (κ1) is 13.7. The first-order valence-corrected chi connectivity index (χ1v) is 7.10. The van der Waals surface area contributed by atoms with Gasteiger partial charge in [0.2, 0.25) is 0 Å². The third-order valence-corrected chi connectivity index (χ3v) is 4.08. The normalized spacial score (nSPS) is 12.5. The molecular weight excluding hydrogens is 258 g/mol. The Balaban J connectivity index is 2.19. The zero-order valence-corrected chi connectivity index (χ0v) is 12.3. The molecule has 0 aliphatic heterocycles. The zero-order valence-electron chi connectivity index (χ0n) is 12.3. The van der Waals surface area contributed by atoms with E-state index in [1.165, 1.54) is 0 Å². The molecule has 21 heavy (non-hydrogen) atoms. The minimum absolute atomic E-state index is 0.668. The second kappa shape index (κ2) is 5.23. The Morgan fingerprint density at radius 1 is 0.905 bits per heavy atom. The van der Waals surface area contributed by atoms with Gasteiger partial charge in [-0.1, -0.05) is 48.5 Å². The van der Waals surface area contributed by atoms with E-state index < -0.39 is 6.10 Å². The summed E-state index contributed by atoms with van der Waals surface area (Å²) < 4.78 is 0. The Bertz CT molecular complexity index is 808. The van der Waals surface area contributed by atoms with E-state index in [2.05, 4.69) is 24.3 Å². The van der Waals surface area contributed by atoms with Crippen molar-refractivity contribution in [3.05, 3.63) is 76.9 Å². The molecule has 0 radical (unpaired) electrons. The van der Waals surface area contributed by atoms with Gasteiger partial charge in [-0.05, 0) is 52.9 Å². The molecule has 0 amide bonds.